The monoisotopic (exact) mass is 277 g/mol. The van der Waals surface area contributed by atoms with Gasteiger partial charge in [0.1, 0.15) is 5.60 Å². The van der Waals surface area contributed by atoms with E-state index in [1.54, 1.807) is 20.1 Å². The average molecular weight is 277 g/mol. The van der Waals surface area contributed by atoms with E-state index >= 15 is 0 Å². The normalized spacial score (nSPS) is 23.5. The summed E-state index contributed by atoms with van der Waals surface area (Å²) >= 11 is 0. The molecule has 2 rings (SSSR count). The van der Waals surface area contributed by atoms with Crippen molar-refractivity contribution in [1.29, 1.82) is 0 Å². The van der Waals surface area contributed by atoms with Crippen LogP contribution in [0.2, 0.25) is 0 Å². The fourth-order valence-corrected chi connectivity index (χ4v) is 2.49. The fraction of sp³-hybridized carbons (Fsp3) is 0.500. The lowest BCUT2D eigenvalue weighted by atomic mass is 9.93. The van der Waals surface area contributed by atoms with E-state index < -0.39 is 5.60 Å². The smallest absolute Gasteiger partial charge is 0.105 e. The third-order valence-electron chi connectivity index (χ3n) is 3.61. The number of methoxy groups -OCH3 is 1. The second-order valence-corrected chi connectivity index (χ2v) is 5.58. The molecule has 1 aliphatic heterocycles. The number of ether oxygens (including phenoxy) is 1. The molecule has 0 amide bonds. The lowest BCUT2D eigenvalue weighted by Crippen LogP contribution is -2.48. The van der Waals surface area contributed by atoms with E-state index in [9.17, 15) is 10.2 Å². The predicted molar refractivity (Wildman–Crippen MR) is 78.1 cm³/mol. The van der Waals surface area contributed by atoms with Crippen LogP contribution in [0.3, 0.4) is 0 Å². The maximum atomic E-state index is 9.97. The van der Waals surface area contributed by atoms with Gasteiger partial charge in [-0.2, -0.15) is 0 Å². The van der Waals surface area contributed by atoms with Gasteiger partial charge in [0.2, 0.25) is 0 Å². The lowest BCUT2D eigenvalue weighted by Gasteiger charge is -2.46. The molecule has 1 saturated heterocycles. The van der Waals surface area contributed by atoms with E-state index in [0.29, 0.717) is 12.6 Å². The quantitative estimate of drug-likeness (QED) is 0.828. The summed E-state index contributed by atoms with van der Waals surface area (Å²) in [6, 6.07) is 10.6. The van der Waals surface area contributed by atoms with Crippen molar-refractivity contribution in [2.24, 2.45) is 0 Å². The summed E-state index contributed by atoms with van der Waals surface area (Å²) in [5.41, 5.74) is 1.13. The highest BCUT2D eigenvalue weighted by atomic mass is 16.5. The molecule has 1 aliphatic rings. The molecule has 0 aromatic heterocycles. The van der Waals surface area contributed by atoms with Crippen LogP contribution in [0.4, 0.5) is 0 Å². The second-order valence-electron chi connectivity index (χ2n) is 5.58. The fourth-order valence-electron chi connectivity index (χ4n) is 2.49. The highest BCUT2D eigenvalue weighted by molar-refractivity contribution is 5.23. The van der Waals surface area contributed by atoms with Crippen LogP contribution >= 0.6 is 0 Å². The molecule has 110 valence electrons. The molecule has 4 nitrogen and oxygen atoms in total. The molecular formula is C16H23NO3. The Morgan fingerprint density at radius 2 is 2.10 bits per heavy atom. The zero-order valence-electron chi connectivity index (χ0n) is 12.1. The molecule has 1 fully saturated rings. The van der Waals surface area contributed by atoms with E-state index in [4.69, 9.17) is 4.74 Å². The van der Waals surface area contributed by atoms with Crippen LogP contribution in [0.1, 0.15) is 18.9 Å². The van der Waals surface area contributed by atoms with E-state index in [1.165, 1.54) is 5.56 Å². The molecule has 1 aromatic carbocycles. The summed E-state index contributed by atoms with van der Waals surface area (Å²) in [5.74, 6) is 0. The van der Waals surface area contributed by atoms with Crippen LogP contribution in [-0.2, 0) is 11.3 Å². The van der Waals surface area contributed by atoms with Crippen LogP contribution in [-0.4, -0.2) is 47.1 Å². The molecule has 0 spiro atoms. The van der Waals surface area contributed by atoms with E-state index in [2.05, 4.69) is 17.0 Å². The Balaban J connectivity index is 2.11. The van der Waals surface area contributed by atoms with E-state index in [-0.39, 0.29) is 6.61 Å². The molecule has 2 N–H and O–H groups in total. The first-order valence-electron chi connectivity index (χ1n) is 6.90. The molecule has 0 bridgehead atoms. The number of aliphatic hydroxyl groups excluding tert-OH is 1. The number of hydrogen-bond acceptors (Lipinski definition) is 4. The van der Waals surface area contributed by atoms with Crippen LogP contribution in [0, 0.1) is 0 Å². The molecule has 0 aliphatic carbocycles. The average Bonchev–Trinajstić information content (AvgIpc) is 2.45. The van der Waals surface area contributed by atoms with Crippen molar-refractivity contribution in [2.75, 3.05) is 20.3 Å². The number of nitrogens with zero attached hydrogens (tertiary/aromatic N) is 1. The molecule has 0 radical (unpaired) electrons. The Morgan fingerprint density at radius 3 is 2.70 bits per heavy atom. The summed E-state index contributed by atoms with van der Waals surface area (Å²) in [6.45, 7) is 2.81. The molecule has 2 atom stereocenters. The minimum atomic E-state index is -1.16. The highest BCUT2D eigenvalue weighted by Crippen LogP contribution is 2.33. The van der Waals surface area contributed by atoms with Gasteiger partial charge in [-0.15, -0.1) is 0 Å². The SMILES string of the molecule is COCC1C/C(=C\C(C)(O)CO)N1Cc1ccccc1. The molecule has 2 unspecified atom stereocenters. The van der Waals surface area contributed by atoms with E-state index in [1.807, 2.05) is 18.2 Å². The standard InChI is InChI=1S/C16H23NO3/c1-16(19,12-18)9-14-8-15(11-20-2)17(14)10-13-6-4-3-5-7-13/h3-7,9,15,18-19H,8,10-12H2,1-2H3/b14-9+. The molecule has 0 saturated carbocycles. The Kier molecular flexibility index (Phi) is 4.81. The van der Waals surface area contributed by atoms with Crippen LogP contribution in [0.15, 0.2) is 42.1 Å². The molecule has 20 heavy (non-hydrogen) atoms. The summed E-state index contributed by atoms with van der Waals surface area (Å²) in [6.07, 6.45) is 2.62. The first-order chi connectivity index (χ1) is 9.55. The topological polar surface area (TPSA) is 52.9 Å². The predicted octanol–water partition coefficient (Wildman–Crippen LogP) is 1.53. The number of likely N-dealkylation sites (tertiary alicyclic amines) is 1. The summed E-state index contributed by atoms with van der Waals surface area (Å²) < 4.78 is 5.24. The molecule has 1 heterocycles. The van der Waals surface area contributed by atoms with E-state index in [0.717, 1.165) is 18.7 Å². The molecule has 4 heteroatoms. The maximum Gasteiger partial charge on any atom is 0.105 e. The van der Waals surface area contributed by atoms with Gasteiger partial charge < -0.3 is 19.8 Å². The van der Waals surface area contributed by atoms with Crippen molar-refractivity contribution in [1.82, 2.24) is 4.90 Å². The lowest BCUT2D eigenvalue weighted by molar-refractivity contribution is 0.0270. The van der Waals surface area contributed by atoms with Crippen LogP contribution < -0.4 is 0 Å². The zero-order valence-corrected chi connectivity index (χ0v) is 12.1. The van der Waals surface area contributed by atoms with Crippen molar-refractivity contribution < 1.29 is 14.9 Å². The second kappa shape index (κ2) is 6.39. The van der Waals surface area contributed by atoms with Gasteiger partial charge in [0.05, 0.1) is 19.3 Å². The highest BCUT2D eigenvalue weighted by Gasteiger charge is 2.34. The summed E-state index contributed by atoms with van der Waals surface area (Å²) in [5, 5.41) is 19.1. The van der Waals surface area contributed by atoms with Gasteiger partial charge in [0.25, 0.3) is 0 Å². The van der Waals surface area contributed by atoms with Crippen molar-refractivity contribution in [3.8, 4) is 0 Å². The van der Waals surface area contributed by atoms with Crippen molar-refractivity contribution in [2.45, 2.75) is 31.5 Å². The number of rotatable bonds is 6. The number of aliphatic hydroxyl groups is 2. The first-order valence-corrected chi connectivity index (χ1v) is 6.90. The minimum Gasteiger partial charge on any atom is -0.393 e. The summed E-state index contributed by atoms with van der Waals surface area (Å²) in [7, 11) is 1.70. The van der Waals surface area contributed by atoms with Crippen LogP contribution in [0.25, 0.3) is 0 Å². The van der Waals surface area contributed by atoms with Gasteiger partial charge in [-0.25, -0.2) is 0 Å². The first kappa shape index (κ1) is 15.0. The minimum absolute atomic E-state index is 0.273. The molecular weight excluding hydrogens is 254 g/mol. The Hall–Kier alpha value is -1.36. The van der Waals surface area contributed by atoms with Gasteiger partial charge in [0, 0.05) is 25.8 Å². The summed E-state index contributed by atoms with van der Waals surface area (Å²) in [4.78, 5) is 2.23. The third-order valence-corrected chi connectivity index (χ3v) is 3.61. The van der Waals surface area contributed by atoms with Gasteiger partial charge in [-0.1, -0.05) is 30.3 Å². The van der Waals surface area contributed by atoms with Crippen molar-refractivity contribution in [3.63, 3.8) is 0 Å². The zero-order chi connectivity index (χ0) is 14.6. The number of hydrogen-bond donors (Lipinski definition) is 2. The maximum absolute atomic E-state index is 9.97. The Bertz CT molecular complexity index is 456. The third kappa shape index (κ3) is 3.60. The van der Waals surface area contributed by atoms with Crippen LogP contribution in [0.5, 0.6) is 0 Å². The number of benzene rings is 1. The van der Waals surface area contributed by atoms with Gasteiger partial charge in [-0.3, -0.25) is 0 Å². The van der Waals surface area contributed by atoms with Crippen molar-refractivity contribution in [3.05, 3.63) is 47.7 Å². The molecule has 1 aromatic rings. The largest absolute Gasteiger partial charge is 0.393 e. The Morgan fingerprint density at radius 1 is 1.40 bits per heavy atom. The van der Waals surface area contributed by atoms with Gasteiger partial charge in [0.15, 0.2) is 0 Å². The van der Waals surface area contributed by atoms with Gasteiger partial charge >= 0.3 is 0 Å². The van der Waals surface area contributed by atoms with Gasteiger partial charge in [-0.05, 0) is 18.6 Å². The van der Waals surface area contributed by atoms with Crippen molar-refractivity contribution >= 4 is 0 Å². The Labute approximate surface area is 120 Å².